The molecule has 0 aromatic heterocycles. The summed E-state index contributed by atoms with van der Waals surface area (Å²) in [7, 11) is 0. The van der Waals surface area contributed by atoms with E-state index in [2.05, 4.69) is 28.2 Å². The van der Waals surface area contributed by atoms with Crippen molar-refractivity contribution in [3.63, 3.8) is 0 Å². The number of carbonyl (C=O) groups is 1. The number of benzene rings is 2. The molecule has 0 aliphatic carbocycles. The Balaban J connectivity index is 2.41. The molecule has 0 aliphatic heterocycles. The fraction of sp³-hybridized carbons (Fsp3) is 0.235. The van der Waals surface area contributed by atoms with Crippen molar-refractivity contribution in [2.45, 2.75) is 26.7 Å². The monoisotopic (exact) mass is 365 g/mol. The molecule has 2 nitrogen and oxygen atoms in total. The van der Waals surface area contributed by atoms with Crippen LogP contribution < -0.4 is 5.32 Å². The Morgan fingerprint density at radius 1 is 1.14 bits per heavy atom. The number of hydrogen-bond donors (Lipinski definition) is 1. The Morgan fingerprint density at radius 2 is 1.86 bits per heavy atom. The molecule has 0 atom stereocenters. The number of rotatable bonds is 4. The zero-order chi connectivity index (χ0) is 15.4. The lowest BCUT2D eigenvalue weighted by Crippen LogP contribution is -2.15. The van der Waals surface area contributed by atoms with E-state index in [1.165, 1.54) is 0 Å². The Kier molecular flexibility index (Phi) is 5.43. The Morgan fingerprint density at radius 3 is 2.48 bits per heavy atom. The molecule has 0 saturated heterocycles. The van der Waals surface area contributed by atoms with Gasteiger partial charge in [0.2, 0.25) is 0 Å². The molecular formula is C17H17BrClNO. The fourth-order valence-electron chi connectivity index (χ4n) is 2.29. The zero-order valence-electron chi connectivity index (χ0n) is 12.0. The van der Waals surface area contributed by atoms with Crippen LogP contribution in [0.25, 0.3) is 0 Å². The first-order chi connectivity index (χ1) is 10.1. The molecule has 1 N–H and O–H groups in total. The molecule has 0 bridgehead atoms. The topological polar surface area (TPSA) is 29.1 Å². The van der Waals surface area contributed by atoms with E-state index in [0.29, 0.717) is 10.6 Å². The van der Waals surface area contributed by atoms with E-state index in [1.807, 2.05) is 37.3 Å². The van der Waals surface area contributed by atoms with Gasteiger partial charge in [-0.2, -0.15) is 0 Å². The zero-order valence-corrected chi connectivity index (χ0v) is 14.4. The predicted octanol–water partition coefficient (Wildman–Crippen LogP) is 5.48. The van der Waals surface area contributed by atoms with Crippen molar-refractivity contribution in [3.05, 3.63) is 62.6 Å². The van der Waals surface area contributed by atoms with Crippen LogP contribution in [0.4, 0.5) is 5.69 Å². The summed E-state index contributed by atoms with van der Waals surface area (Å²) in [5.74, 6) is -0.130. The third-order valence-electron chi connectivity index (χ3n) is 3.43. The van der Waals surface area contributed by atoms with Crippen LogP contribution in [0.3, 0.4) is 0 Å². The summed E-state index contributed by atoms with van der Waals surface area (Å²) in [6.07, 6.45) is 1.62. The maximum atomic E-state index is 12.5. The van der Waals surface area contributed by atoms with Gasteiger partial charge in [0.15, 0.2) is 0 Å². The molecule has 0 spiro atoms. The van der Waals surface area contributed by atoms with Crippen LogP contribution >= 0.6 is 27.5 Å². The summed E-state index contributed by atoms with van der Waals surface area (Å²) in [5, 5.41) is 3.72. The first-order valence-electron chi connectivity index (χ1n) is 6.94. The normalized spacial score (nSPS) is 10.5. The Hall–Kier alpha value is -1.32. The number of amides is 1. The number of nitrogens with one attached hydrogen (secondary N) is 1. The number of hydrogen-bond acceptors (Lipinski definition) is 1. The van der Waals surface area contributed by atoms with Gasteiger partial charge in [-0.3, -0.25) is 4.79 Å². The molecule has 0 fully saturated rings. The molecule has 0 radical (unpaired) electrons. The lowest BCUT2D eigenvalue weighted by Gasteiger charge is -2.16. The molecule has 0 aliphatic rings. The SMILES string of the molecule is CCc1ccc(Cl)c(CC)c1NC(=O)c1ccccc1Br. The van der Waals surface area contributed by atoms with Crippen molar-refractivity contribution in [2.75, 3.05) is 5.32 Å². The van der Waals surface area contributed by atoms with Gasteiger partial charge in [-0.25, -0.2) is 0 Å². The van der Waals surface area contributed by atoms with Gasteiger partial charge in [0.25, 0.3) is 5.91 Å². The first-order valence-corrected chi connectivity index (χ1v) is 8.11. The second-order valence-electron chi connectivity index (χ2n) is 4.70. The van der Waals surface area contributed by atoms with Crippen molar-refractivity contribution in [1.82, 2.24) is 0 Å². The average Bonchev–Trinajstić information content (AvgIpc) is 2.48. The van der Waals surface area contributed by atoms with Crippen LogP contribution in [0, 0.1) is 0 Å². The molecule has 0 heterocycles. The van der Waals surface area contributed by atoms with E-state index < -0.39 is 0 Å². The summed E-state index contributed by atoms with van der Waals surface area (Å²) in [4.78, 5) is 12.5. The molecule has 2 rings (SSSR count). The van der Waals surface area contributed by atoms with Crippen molar-refractivity contribution in [1.29, 1.82) is 0 Å². The van der Waals surface area contributed by atoms with Gasteiger partial charge < -0.3 is 5.32 Å². The second kappa shape index (κ2) is 7.10. The largest absolute Gasteiger partial charge is 0.321 e. The highest BCUT2D eigenvalue weighted by atomic mass is 79.9. The molecular weight excluding hydrogens is 350 g/mol. The number of halogens is 2. The predicted molar refractivity (Wildman–Crippen MR) is 92.3 cm³/mol. The minimum absolute atomic E-state index is 0.130. The summed E-state index contributed by atoms with van der Waals surface area (Å²) >= 11 is 9.67. The van der Waals surface area contributed by atoms with Crippen LogP contribution in [0.1, 0.15) is 35.3 Å². The van der Waals surface area contributed by atoms with Gasteiger partial charge in [-0.1, -0.05) is 43.6 Å². The molecule has 2 aromatic rings. The van der Waals surface area contributed by atoms with Crippen molar-refractivity contribution in [3.8, 4) is 0 Å². The smallest absolute Gasteiger partial charge is 0.256 e. The minimum atomic E-state index is -0.130. The van der Waals surface area contributed by atoms with Crippen molar-refractivity contribution >= 4 is 39.1 Å². The Labute approximate surface area is 138 Å². The van der Waals surface area contributed by atoms with E-state index in [-0.39, 0.29) is 5.91 Å². The van der Waals surface area contributed by atoms with Crippen LogP contribution in [-0.4, -0.2) is 5.91 Å². The molecule has 0 unspecified atom stereocenters. The maximum absolute atomic E-state index is 12.5. The van der Waals surface area contributed by atoms with Crippen molar-refractivity contribution < 1.29 is 4.79 Å². The van der Waals surface area contributed by atoms with Gasteiger partial charge in [-0.15, -0.1) is 0 Å². The Bertz CT molecular complexity index is 670. The van der Waals surface area contributed by atoms with Crippen LogP contribution in [0.15, 0.2) is 40.9 Å². The van der Waals surface area contributed by atoms with E-state index >= 15 is 0 Å². The van der Waals surface area contributed by atoms with Gasteiger partial charge in [0.05, 0.1) is 5.56 Å². The molecule has 4 heteroatoms. The number of carbonyl (C=O) groups excluding carboxylic acids is 1. The average molecular weight is 367 g/mol. The summed E-state index contributed by atoms with van der Waals surface area (Å²) in [5.41, 5.74) is 3.53. The highest BCUT2D eigenvalue weighted by Gasteiger charge is 2.15. The summed E-state index contributed by atoms with van der Waals surface area (Å²) in [6.45, 7) is 4.10. The molecule has 1 amide bonds. The van der Waals surface area contributed by atoms with Gasteiger partial charge in [-0.05, 0) is 58.1 Å². The standard InChI is InChI=1S/C17H17BrClNO/c1-3-11-9-10-15(19)12(4-2)16(11)20-17(21)13-7-5-6-8-14(13)18/h5-10H,3-4H2,1-2H3,(H,20,21). The first kappa shape index (κ1) is 16.1. The van der Waals surface area contributed by atoms with Crippen LogP contribution in [-0.2, 0) is 12.8 Å². The van der Waals surface area contributed by atoms with E-state index in [9.17, 15) is 4.79 Å². The van der Waals surface area contributed by atoms with Crippen LogP contribution in [0.5, 0.6) is 0 Å². The number of anilines is 1. The number of aryl methyl sites for hydroxylation is 1. The lowest BCUT2D eigenvalue weighted by atomic mass is 10.0. The summed E-state index contributed by atoms with van der Waals surface area (Å²) < 4.78 is 0.778. The minimum Gasteiger partial charge on any atom is -0.321 e. The highest BCUT2D eigenvalue weighted by molar-refractivity contribution is 9.10. The second-order valence-corrected chi connectivity index (χ2v) is 5.96. The third-order valence-corrected chi connectivity index (χ3v) is 4.48. The molecule has 110 valence electrons. The van der Waals surface area contributed by atoms with Gasteiger partial charge in [0.1, 0.15) is 0 Å². The van der Waals surface area contributed by atoms with Crippen LogP contribution in [0.2, 0.25) is 5.02 Å². The van der Waals surface area contributed by atoms with E-state index in [0.717, 1.165) is 34.1 Å². The molecule has 2 aromatic carbocycles. The van der Waals surface area contributed by atoms with Crippen molar-refractivity contribution in [2.24, 2.45) is 0 Å². The van der Waals surface area contributed by atoms with E-state index in [4.69, 9.17) is 11.6 Å². The van der Waals surface area contributed by atoms with Gasteiger partial charge >= 0.3 is 0 Å². The highest BCUT2D eigenvalue weighted by Crippen LogP contribution is 2.30. The lowest BCUT2D eigenvalue weighted by molar-refractivity contribution is 0.102. The molecule has 0 saturated carbocycles. The third kappa shape index (κ3) is 3.47. The molecule has 21 heavy (non-hydrogen) atoms. The summed E-state index contributed by atoms with van der Waals surface area (Å²) in [6, 6.07) is 11.2. The van der Waals surface area contributed by atoms with Gasteiger partial charge in [0, 0.05) is 15.2 Å². The van der Waals surface area contributed by atoms with E-state index in [1.54, 1.807) is 6.07 Å². The maximum Gasteiger partial charge on any atom is 0.256 e. The fourth-order valence-corrected chi connectivity index (χ4v) is 3.05. The quantitative estimate of drug-likeness (QED) is 0.762.